The van der Waals surface area contributed by atoms with Crippen LogP contribution in [0.5, 0.6) is 5.75 Å². The van der Waals surface area contributed by atoms with Gasteiger partial charge in [0.2, 0.25) is 5.89 Å². The summed E-state index contributed by atoms with van der Waals surface area (Å²) in [6.07, 6.45) is 0. The van der Waals surface area contributed by atoms with Gasteiger partial charge in [0, 0.05) is 14.0 Å². The monoisotopic (exact) mass is 417 g/mol. The molecular weight excluding hydrogens is 398 g/mol. The number of aromatic nitrogens is 2. The Morgan fingerprint density at radius 3 is 2.48 bits per heavy atom. The average Bonchev–Trinajstić information content (AvgIpc) is 3.16. The summed E-state index contributed by atoms with van der Waals surface area (Å²) in [5, 5.41) is 7.37. The third-order valence-corrected chi connectivity index (χ3v) is 5.84. The van der Waals surface area contributed by atoms with Crippen molar-refractivity contribution in [3.8, 4) is 5.75 Å². The van der Waals surface area contributed by atoms with Crippen LogP contribution in [-0.4, -0.2) is 38.7 Å². The first-order valence-electron chi connectivity index (χ1n) is 8.50. The van der Waals surface area contributed by atoms with Crippen LogP contribution in [-0.2, 0) is 21.4 Å². The molecule has 3 aromatic rings. The van der Waals surface area contributed by atoms with Gasteiger partial charge in [0.05, 0.1) is 23.3 Å². The molecule has 152 valence electrons. The highest BCUT2D eigenvalue weighted by Gasteiger charge is 2.23. The molecule has 3 rings (SSSR count). The van der Waals surface area contributed by atoms with Crippen molar-refractivity contribution >= 4 is 21.7 Å². The van der Waals surface area contributed by atoms with Crippen molar-refractivity contribution in [3.63, 3.8) is 0 Å². The average molecular weight is 417 g/mol. The fourth-order valence-corrected chi connectivity index (χ4v) is 3.72. The Morgan fingerprint density at radius 2 is 1.86 bits per heavy atom. The molecule has 1 heterocycles. The second kappa shape index (κ2) is 8.31. The van der Waals surface area contributed by atoms with E-state index in [1.54, 1.807) is 31.2 Å². The largest absolute Gasteiger partial charge is 0.497 e. The van der Waals surface area contributed by atoms with Gasteiger partial charge in [-0.25, -0.2) is 13.2 Å². The van der Waals surface area contributed by atoms with Gasteiger partial charge >= 0.3 is 5.97 Å². The number of esters is 1. The Hall–Kier alpha value is -3.40. The molecule has 0 bridgehead atoms. The Balaban J connectivity index is 1.78. The maximum atomic E-state index is 13.0. The lowest BCUT2D eigenvalue weighted by Crippen LogP contribution is -2.26. The fourth-order valence-electron chi connectivity index (χ4n) is 2.48. The fraction of sp³-hybridized carbons (Fsp3) is 0.211. The first kappa shape index (κ1) is 20.3. The van der Waals surface area contributed by atoms with E-state index < -0.39 is 16.0 Å². The third-order valence-electron chi connectivity index (χ3n) is 4.06. The first-order valence-corrected chi connectivity index (χ1v) is 9.94. The van der Waals surface area contributed by atoms with Gasteiger partial charge < -0.3 is 13.9 Å². The molecular formula is C19H19N3O6S. The zero-order chi connectivity index (χ0) is 21.0. The number of carbonyl (C=O) groups is 1. The van der Waals surface area contributed by atoms with Crippen molar-refractivity contribution in [2.45, 2.75) is 18.4 Å². The first-order chi connectivity index (χ1) is 13.8. The van der Waals surface area contributed by atoms with Crippen molar-refractivity contribution in [1.29, 1.82) is 0 Å². The molecule has 0 saturated carbocycles. The van der Waals surface area contributed by atoms with Gasteiger partial charge in [-0.1, -0.05) is 6.07 Å². The Bertz CT molecular complexity index is 1110. The Kier molecular flexibility index (Phi) is 5.83. The van der Waals surface area contributed by atoms with E-state index in [1.807, 2.05) is 0 Å². The van der Waals surface area contributed by atoms with Crippen LogP contribution >= 0.6 is 0 Å². The smallest absolute Gasteiger partial charge is 0.338 e. The number of rotatable bonds is 7. The van der Waals surface area contributed by atoms with Gasteiger partial charge in [-0.3, -0.25) is 4.31 Å². The maximum Gasteiger partial charge on any atom is 0.338 e. The normalized spacial score (nSPS) is 11.1. The zero-order valence-corrected chi connectivity index (χ0v) is 16.8. The predicted molar refractivity (Wildman–Crippen MR) is 103 cm³/mol. The second-order valence-corrected chi connectivity index (χ2v) is 7.96. The molecule has 0 aliphatic heterocycles. The van der Waals surface area contributed by atoms with Crippen molar-refractivity contribution in [2.24, 2.45) is 0 Å². The summed E-state index contributed by atoms with van der Waals surface area (Å²) in [7, 11) is -0.929. The van der Waals surface area contributed by atoms with Crippen LogP contribution in [0.2, 0.25) is 0 Å². The highest BCUT2D eigenvalue weighted by Crippen LogP contribution is 2.25. The molecule has 0 unspecified atom stereocenters. The minimum Gasteiger partial charge on any atom is -0.497 e. The number of ether oxygens (including phenoxy) is 2. The van der Waals surface area contributed by atoms with E-state index in [2.05, 4.69) is 10.2 Å². The van der Waals surface area contributed by atoms with Crippen molar-refractivity contribution in [1.82, 2.24) is 10.2 Å². The molecule has 0 spiro atoms. The summed E-state index contributed by atoms with van der Waals surface area (Å²) >= 11 is 0. The van der Waals surface area contributed by atoms with E-state index in [0.717, 1.165) is 4.31 Å². The van der Waals surface area contributed by atoms with Gasteiger partial charge in [0.1, 0.15) is 5.75 Å². The highest BCUT2D eigenvalue weighted by atomic mass is 32.2. The number of carbonyl (C=O) groups excluding carboxylic acids is 1. The van der Waals surface area contributed by atoms with Crippen molar-refractivity contribution in [3.05, 3.63) is 65.9 Å². The minimum atomic E-state index is -3.89. The number of aryl methyl sites for hydroxylation is 1. The maximum absolute atomic E-state index is 13.0. The number of anilines is 1. The number of nitrogens with zero attached hydrogens (tertiary/aromatic N) is 3. The highest BCUT2D eigenvalue weighted by molar-refractivity contribution is 7.92. The summed E-state index contributed by atoms with van der Waals surface area (Å²) in [6, 6.07) is 12.2. The molecule has 0 aliphatic carbocycles. The quantitative estimate of drug-likeness (QED) is 0.539. The Labute approximate surface area is 167 Å². The van der Waals surface area contributed by atoms with Crippen LogP contribution in [0, 0.1) is 6.92 Å². The van der Waals surface area contributed by atoms with E-state index in [4.69, 9.17) is 13.9 Å². The summed E-state index contributed by atoms with van der Waals surface area (Å²) in [5.41, 5.74) is 0.538. The topological polar surface area (TPSA) is 112 Å². The molecule has 0 fully saturated rings. The number of hydrogen-bond donors (Lipinski definition) is 0. The van der Waals surface area contributed by atoms with Crippen LogP contribution in [0.4, 0.5) is 5.69 Å². The third kappa shape index (κ3) is 4.54. The minimum absolute atomic E-state index is 0.0427. The van der Waals surface area contributed by atoms with E-state index in [-0.39, 0.29) is 23.0 Å². The number of sulfonamides is 1. The summed E-state index contributed by atoms with van der Waals surface area (Å²) in [5.74, 6) is 0.412. The summed E-state index contributed by atoms with van der Waals surface area (Å²) in [6.45, 7) is 1.41. The lowest BCUT2D eigenvalue weighted by Gasteiger charge is -2.20. The molecule has 0 amide bonds. The van der Waals surface area contributed by atoms with Crippen LogP contribution in [0.3, 0.4) is 0 Å². The van der Waals surface area contributed by atoms with Crippen molar-refractivity contribution in [2.75, 3.05) is 18.5 Å². The van der Waals surface area contributed by atoms with Crippen LogP contribution < -0.4 is 9.04 Å². The lowest BCUT2D eigenvalue weighted by atomic mass is 10.2. The molecule has 1 aromatic heterocycles. The molecule has 2 aromatic carbocycles. The van der Waals surface area contributed by atoms with Gasteiger partial charge in [-0.05, 0) is 42.5 Å². The van der Waals surface area contributed by atoms with Crippen molar-refractivity contribution < 1.29 is 27.1 Å². The molecule has 0 aliphatic rings. The number of methoxy groups -OCH3 is 1. The van der Waals surface area contributed by atoms with Gasteiger partial charge in [0.25, 0.3) is 15.9 Å². The molecule has 0 radical (unpaired) electrons. The van der Waals surface area contributed by atoms with E-state index in [9.17, 15) is 13.2 Å². The molecule has 10 heteroatoms. The van der Waals surface area contributed by atoms with Crippen LogP contribution in [0.25, 0.3) is 0 Å². The van der Waals surface area contributed by atoms with Gasteiger partial charge in [-0.2, -0.15) is 0 Å². The van der Waals surface area contributed by atoms with Gasteiger partial charge in [0.15, 0.2) is 6.61 Å². The standard InChI is InChI=1S/C19H19N3O6S/c1-13-20-21-18(28-13)12-27-19(23)14-5-4-6-17(11-14)29(24,25)22(2)15-7-9-16(26-3)10-8-15/h4-11H,12H2,1-3H3. The molecule has 0 N–H and O–H groups in total. The van der Waals surface area contributed by atoms with E-state index in [0.29, 0.717) is 17.3 Å². The number of hydrogen-bond acceptors (Lipinski definition) is 8. The van der Waals surface area contributed by atoms with Gasteiger partial charge in [-0.15, -0.1) is 10.2 Å². The van der Waals surface area contributed by atoms with Crippen LogP contribution in [0.1, 0.15) is 22.1 Å². The summed E-state index contributed by atoms with van der Waals surface area (Å²) < 4.78 is 42.4. The summed E-state index contributed by atoms with van der Waals surface area (Å²) in [4.78, 5) is 12.2. The lowest BCUT2D eigenvalue weighted by molar-refractivity contribution is 0.0436. The second-order valence-electron chi connectivity index (χ2n) is 5.99. The molecule has 0 atom stereocenters. The zero-order valence-electron chi connectivity index (χ0n) is 16.0. The van der Waals surface area contributed by atoms with Crippen LogP contribution in [0.15, 0.2) is 57.8 Å². The molecule has 0 saturated heterocycles. The predicted octanol–water partition coefficient (Wildman–Crippen LogP) is 2.57. The number of benzene rings is 2. The van der Waals surface area contributed by atoms with E-state index >= 15 is 0 Å². The SMILES string of the molecule is COc1ccc(N(C)S(=O)(=O)c2cccc(C(=O)OCc3nnc(C)o3)c2)cc1. The Morgan fingerprint density at radius 1 is 1.14 bits per heavy atom. The molecule has 29 heavy (non-hydrogen) atoms. The van der Waals surface area contributed by atoms with E-state index in [1.165, 1.54) is 38.4 Å². The molecule has 9 nitrogen and oxygen atoms in total.